The minimum absolute atomic E-state index is 0.845. The molecule has 0 aliphatic carbocycles. The largest absolute Gasteiger partial charge is 0.370 e. The minimum Gasteiger partial charge on any atom is -0.370 e. The van der Waals surface area contributed by atoms with Crippen LogP contribution in [0, 0.1) is 18.3 Å². The SMILES string of the molecule is C#Cc1ccc(Br)cc1N1CCC(C)CC1. The van der Waals surface area contributed by atoms with E-state index in [1.54, 1.807) is 0 Å². The molecule has 84 valence electrons. The lowest BCUT2D eigenvalue weighted by atomic mass is 9.98. The molecule has 1 aliphatic rings. The van der Waals surface area contributed by atoms with Crippen LogP contribution in [-0.2, 0) is 0 Å². The molecule has 0 spiro atoms. The van der Waals surface area contributed by atoms with Gasteiger partial charge in [-0.05, 0) is 37.0 Å². The Bertz CT molecular complexity index is 411. The predicted molar refractivity (Wildman–Crippen MR) is 72.7 cm³/mol. The fraction of sp³-hybridized carbons (Fsp3) is 0.429. The summed E-state index contributed by atoms with van der Waals surface area (Å²) in [6.45, 7) is 4.55. The van der Waals surface area contributed by atoms with Crippen LogP contribution in [0.2, 0.25) is 0 Å². The molecule has 2 rings (SSSR count). The summed E-state index contributed by atoms with van der Waals surface area (Å²) in [4.78, 5) is 2.40. The summed E-state index contributed by atoms with van der Waals surface area (Å²) < 4.78 is 1.10. The number of nitrogens with zero attached hydrogens (tertiary/aromatic N) is 1. The average molecular weight is 278 g/mol. The number of rotatable bonds is 1. The predicted octanol–water partition coefficient (Wildman–Crippen LogP) is 3.67. The van der Waals surface area contributed by atoms with E-state index in [1.807, 2.05) is 12.1 Å². The topological polar surface area (TPSA) is 3.24 Å². The number of terminal acetylenes is 1. The molecule has 0 N–H and O–H groups in total. The third-order valence-electron chi connectivity index (χ3n) is 3.24. The summed E-state index contributed by atoms with van der Waals surface area (Å²) in [6, 6.07) is 6.15. The van der Waals surface area contributed by atoms with Crippen LogP contribution in [-0.4, -0.2) is 13.1 Å². The maximum atomic E-state index is 5.54. The Balaban J connectivity index is 2.26. The van der Waals surface area contributed by atoms with Gasteiger partial charge in [0.1, 0.15) is 0 Å². The van der Waals surface area contributed by atoms with Crippen molar-refractivity contribution in [2.75, 3.05) is 18.0 Å². The molecule has 1 saturated heterocycles. The molecule has 0 saturated carbocycles. The standard InChI is InChI=1S/C14H16BrN/c1-3-12-4-5-13(15)10-14(12)16-8-6-11(2)7-9-16/h1,4-5,10-11H,6-9H2,2H3. The van der Waals surface area contributed by atoms with E-state index in [-0.39, 0.29) is 0 Å². The van der Waals surface area contributed by atoms with E-state index < -0.39 is 0 Å². The molecule has 0 unspecified atom stereocenters. The molecule has 2 heteroatoms. The highest BCUT2D eigenvalue weighted by atomic mass is 79.9. The van der Waals surface area contributed by atoms with Crippen molar-refractivity contribution in [1.29, 1.82) is 0 Å². The van der Waals surface area contributed by atoms with Crippen LogP contribution in [0.3, 0.4) is 0 Å². The number of benzene rings is 1. The van der Waals surface area contributed by atoms with Gasteiger partial charge in [-0.15, -0.1) is 6.42 Å². The van der Waals surface area contributed by atoms with Crippen LogP contribution in [0.1, 0.15) is 25.3 Å². The minimum atomic E-state index is 0.845. The fourth-order valence-electron chi connectivity index (χ4n) is 2.14. The number of halogens is 1. The molecule has 0 bridgehead atoms. The molecule has 1 aliphatic heterocycles. The van der Waals surface area contributed by atoms with E-state index in [4.69, 9.17) is 6.42 Å². The van der Waals surface area contributed by atoms with Crippen LogP contribution in [0.15, 0.2) is 22.7 Å². The van der Waals surface area contributed by atoms with Crippen molar-refractivity contribution < 1.29 is 0 Å². The normalized spacial score (nSPS) is 17.2. The van der Waals surface area contributed by atoms with Gasteiger partial charge in [0.05, 0.1) is 5.69 Å². The molecule has 0 atom stereocenters. The summed E-state index contributed by atoms with van der Waals surface area (Å²) in [5, 5.41) is 0. The van der Waals surface area contributed by atoms with Crippen LogP contribution in [0.4, 0.5) is 5.69 Å². The highest BCUT2D eigenvalue weighted by Gasteiger charge is 2.17. The average Bonchev–Trinajstić information content (AvgIpc) is 2.30. The Kier molecular flexibility index (Phi) is 3.56. The lowest BCUT2D eigenvalue weighted by Crippen LogP contribution is -2.33. The Labute approximate surface area is 106 Å². The molecule has 1 aromatic rings. The third kappa shape index (κ3) is 2.41. The molecule has 1 nitrogen and oxygen atoms in total. The maximum Gasteiger partial charge on any atom is 0.0536 e. The van der Waals surface area contributed by atoms with Crippen molar-refractivity contribution >= 4 is 21.6 Å². The van der Waals surface area contributed by atoms with Gasteiger partial charge in [0, 0.05) is 23.1 Å². The van der Waals surface area contributed by atoms with Crippen LogP contribution in [0.5, 0.6) is 0 Å². The summed E-state index contributed by atoms with van der Waals surface area (Å²) in [5.74, 6) is 3.61. The Morgan fingerprint density at radius 1 is 1.38 bits per heavy atom. The van der Waals surface area contributed by atoms with Crippen molar-refractivity contribution in [2.45, 2.75) is 19.8 Å². The van der Waals surface area contributed by atoms with Crippen molar-refractivity contribution in [2.24, 2.45) is 5.92 Å². The smallest absolute Gasteiger partial charge is 0.0536 e. The fourth-order valence-corrected chi connectivity index (χ4v) is 2.49. The first-order valence-electron chi connectivity index (χ1n) is 5.72. The maximum absolute atomic E-state index is 5.54. The molecular weight excluding hydrogens is 262 g/mol. The Morgan fingerprint density at radius 2 is 2.06 bits per heavy atom. The van der Waals surface area contributed by atoms with Crippen LogP contribution in [0.25, 0.3) is 0 Å². The molecule has 1 aromatic carbocycles. The summed E-state index contributed by atoms with van der Waals surface area (Å²) in [7, 11) is 0. The summed E-state index contributed by atoms with van der Waals surface area (Å²) >= 11 is 3.51. The van der Waals surface area contributed by atoms with E-state index in [1.165, 1.54) is 18.5 Å². The van der Waals surface area contributed by atoms with E-state index in [0.29, 0.717) is 0 Å². The highest BCUT2D eigenvalue weighted by molar-refractivity contribution is 9.10. The summed E-state index contributed by atoms with van der Waals surface area (Å²) in [6.07, 6.45) is 8.06. The lowest BCUT2D eigenvalue weighted by molar-refractivity contribution is 0.438. The van der Waals surface area contributed by atoms with Crippen molar-refractivity contribution in [3.8, 4) is 12.3 Å². The van der Waals surface area contributed by atoms with E-state index in [2.05, 4.69) is 39.7 Å². The first-order valence-corrected chi connectivity index (χ1v) is 6.51. The first kappa shape index (κ1) is 11.5. The molecule has 0 aromatic heterocycles. The van der Waals surface area contributed by atoms with E-state index in [9.17, 15) is 0 Å². The van der Waals surface area contributed by atoms with Gasteiger partial charge >= 0.3 is 0 Å². The molecule has 0 amide bonds. The lowest BCUT2D eigenvalue weighted by Gasteiger charge is -2.33. The number of anilines is 1. The van der Waals surface area contributed by atoms with Crippen LogP contribution >= 0.6 is 15.9 Å². The number of hydrogen-bond acceptors (Lipinski definition) is 1. The number of hydrogen-bond donors (Lipinski definition) is 0. The van der Waals surface area contributed by atoms with Crippen LogP contribution < -0.4 is 4.90 Å². The third-order valence-corrected chi connectivity index (χ3v) is 3.73. The highest BCUT2D eigenvalue weighted by Crippen LogP contribution is 2.28. The second-order valence-electron chi connectivity index (χ2n) is 4.48. The van der Waals surface area contributed by atoms with Gasteiger partial charge in [-0.25, -0.2) is 0 Å². The van der Waals surface area contributed by atoms with Crippen molar-refractivity contribution in [1.82, 2.24) is 0 Å². The first-order chi connectivity index (χ1) is 7.70. The van der Waals surface area contributed by atoms with Gasteiger partial charge in [-0.1, -0.05) is 28.8 Å². The molecule has 1 fully saturated rings. The van der Waals surface area contributed by atoms with Gasteiger partial charge in [0.25, 0.3) is 0 Å². The quantitative estimate of drug-likeness (QED) is 0.708. The monoisotopic (exact) mass is 277 g/mol. The Hall–Kier alpha value is -0.940. The van der Waals surface area contributed by atoms with Gasteiger partial charge in [0.15, 0.2) is 0 Å². The van der Waals surface area contributed by atoms with E-state index in [0.717, 1.165) is 29.0 Å². The molecule has 1 heterocycles. The second-order valence-corrected chi connectivity index (χ2v) is 5.39. The second kappa shape index (κ2) is 4.93. The zero-order chi connectivity index (χ0) is 11.5. The zero-order valence-electron chi connectivity index (χ0n) is 9.54. The zero-order valence-corrected chi connectivity index (χ0v) is 11.1. The van der Waals surface area contributed by atoms with Gasteiger partial charge in [0.2, 0.25) is 0 Å². The van der Waals surface area contributed by atoms with Gasteiger partial charge in [-0.2, -0.15) is 0 Å². The Morgan fingerprint density at radius 3 is 2.69 bits per heavy atom. The van der Waals surface area contributed by atoms with Gasteiger partial charge < -0.3 is 4.90 Å². The van der Waals surface area contributed by atoms with Gasteiger partial charge in [-0.3, -0.25) is 0 Å². The van der Waals surface area contributed by atoms with E-state index >= 15 is 0 Å². The molecule has 0 radical (unpaired) electrons. The number of piperidine rings is 1. The molecular formula is C14H16BrN. The van der Waals surface area contributed by atoms with Crippen molar-refractivity contribution in [3.63, 3.8) is 0 Å². The molecule has 16 heavy (non-hydrogen) atoms. The summed E-state index contributed by atoms with van der Waals surface area (Å²) in [5.41, 5.74) is 2.20. The van der Waals surface area contributed by atoms with Crippen molar-refractivity contribution in [3.05, 3.63) is 28.2 Å².